The molecule has 0 aliphatic heterocycles. The first-order valence-electron chi connectivity index (χ1n) is 5.38. The molecule has 1 heterocycles. The second kappa shape index (κ2) is 5.70. The van der Waals surface area contributed by atoms with Crippen molar-refractivity contribution < 1.29 is 9.66 Å². The number of ether oxygens (including phenoxy) is 1. The summed E-state index contributed by atoms with van der Waals surface area (Å²) in [4.78, 5) is 17.8. The summed E-state index contributed by atoms with van der Waals surface area (Å²) in [5.41, 5.74) is 5.75. The van der Waals surface area contributed by atoms with Crippen LogP contribution in [0.25, 0.3) is 0 Å². The Balaban J connectivity index is 2.43. The summed E-state index contributed by atoms with van der Waals surface area (Å²) in [6.45, 7) is 0. The van der Waals surface area contributed by atoms with Gasteiger partial charge in [0.05, 0.1) is 17.7 Å². The summed E-state index contributed by atoms with van der Waals surface area (Å²) in [6, 6.07) is 5.17. The Morgan fingerprint density at radius 2 is 2.25 bits per heavy atom. The van der Waals surface area contributed by atoms with Crippen molar-refractivity contribution in [3.8, 4) is 5.75 Å². The van der Waals surface area contributed by atoms with Gasteiger partial charge >= 0.3 is 5.69 Å². The topological polar surface area (TPSA) is 116 Å². The van der Waals surface area contributed by atoms with Gasteiger partial charge in [-0.1, -0.05) is 0 Å². The maximum atomic E-state index is 10.9. The average molecular weight is 340 g/mol. The van der Waals surface area contributed by atoms with Crippen LogP contribution >= 0.6 is 15.9 Å². The largest absolute Gasteiger partial charge is 0.497 e. The summed E-state index contributed by atoms with van der Waals surface area (Å²) in [6.07, 6.45) is 1.05. The van der Waals surface area contributed by atoms with Crippen LogP contribution in [0.4, 0.5) is 23.1 Å². The Labute approximate surface area is 122 Å². The summed E-state index contributed by atoms with van der Waals surface area (Å²) < 4.78 is 5.80. The van der Waals surface area contributed by atoms with Crippen LogP contribution in [-0.2, 0) is 0 Å². The lowest BCUT2D eigenvalue weighted by Gasteiger charge is -2.10. The van der Waals surface area contributed by atoms with E-state index in [0.717, 1.165) is 6.20 Å². The predicted octanol–water partition coefficient (Wildman–Crippen LogP) is 2.48. The Bertz CT molecular complexity index is 665. The highest BCUT2D eigenvalue weighted by Gasteiger charge is 2.17. The Morgan fingerprint density at radius 1 is 1.50 bits per heavy atom. The molecule has 0 aliphatic carbocycles. The van der Waals surface area contributed by atoms with Gasteiger partial charge in [0.2, 0.25) is 11.8 Å². The third-order valence-corrected chi connectivity index (χ3v) is 3.10. The fraction of sp³-hybridized carbons (Fsp3) is 0.0909. The standard InChI is InChI=1S/C11H10BrN5O3/c1-20-6-2-3-7(12)8(4-6)15-10-9(17(18)19)5-14-11(13)16-10/h2-5H,1H3,(H3,13,14,15,16). The molecule has 1 aromatic heterocycles. The lowest BCUT2D eigenvalue weighted by atomic mass is 10.3. The molecule has 0 fully saturated rings. The smallest absolute Gasteiger partial charge is 0.329 e. The van der Waals surface area contributed by atoms with Crippen molar-refractivity contribution in [2.45, 2.75) is 0 Å². The number of nitrogens with two attached hydrogens (primary N) is 1. The van der Waals surface area contributed by atoms with Crippen molar-refractivity contribution in [3.63, 3.8) is 0 Å². The number of halogens is 1. The Hall–Kier alpha value is -2.42. The summed E-state index contributed by atoms with van der Waals surface area (Å²) in [5.74, 6) is 0.550. The molecule has 0 aliphatic rings. The lowest BCUT2D eigenvalue weighted by molar-refractivity contribution is -0.384. The zero-order chi connectivity index (χ0) is 14.7. The molecule has 0 atom stereocenters. The van der Waals surface area contributed by atoms with Gasteiger partial charge in [0.1, 0.15) is 11.9 Å². The zero-order valence-electron chi connectivity index (χ0n) is 10.3. The number of rotatable bonds is 4. The van der Waals surface area contributed by atoms with Crippen molar-refractivity contribution in [2.24, 2.45) is 0 Å². The molecule has 0 bridgehead atoms. The van der Waals surface area contributed by atoms with Gasteiger partial charge in [-0.2, -0.15) is 4.98 Å². The van der Waals surface area contributed by atoms with Crippen LogP contribution in [-0.4, -0.2) is 22.0 Å². The maximum Gasteiger partial charge on any atom is 0.329 e. The minimum absolute atomic E-state index is 0.0106. The number of nitrogens with zero attached hydrogens (tertiary/aromatic N) is 3. The van der Waals surface area contributed by atoms with E-state index >= 15 is 0 Å². The highest BCUT2D eigenvalue weighted by Crippen LogP contribution is 2.32. The Kier molecular flexibility index (Phi) is 3.99. The molecular formula is C11H10BrN5O3. The molecule has 0 spiro atoms. The van der Waals surface area contributed by atoms with Gasteiger partial charge < -0.3 is 15.8 Å². The van der Waals surface area contributed by atoms with Crippen LogP contribution in [0.3, 0.4) is 0 Å². The van der Waals surface area contributed by atoms with Crippen molar-refractivity contribution in [1.82, 2.24) is 9.97 Å². The monoisotopic (exact) mass is 339 g/mol. The number of aromatic nitrogens is 2. The molecular weight excluding hydrogens is 330 g/mol. The van der Waals surface area contributed by atoms with Crippen LogP contribution in [0.2, 0.25) is 0 Å². The van der Waals surface area contributed by atoms with Gasteiger partial charge in [-0.25, -0.2) is 4.98 Å². The molecule has 3 N–H and O–H groups in total. The highest BCUT2D eigenvalue weighted by molar-refractivity contribution is 9.10. The minimum atomic E-state index is -0.587. The quantitative estimate of drug-likeness (QED) is 0.649. The number of hydrogen-bond acceptors (Lipinski definition) is 7. The number of nitrogens with one attached hydrogen (secondary N) is 1. The van der Waals surface area contributed by atoms with Gasteiger partial charge in [-0.05, 0) is 28.1 Å². The van der Waals surface area contributed by atoms with Crippen LogP contribution in [0.5, 0.6) is 5.75 Å². The maximum absolute atomic E-state index is 10.9. The predicted molar refractivity (Wildman–Crippen MR) is 77.1 cm³/mol. The number of hydrogen-bond donors (Lipinski definition) is 2. The lowest BCUT2D eigenvalue weighted by Crippen LogP contribution is -2.04. The summed E-state index contributed by atoms with van der Waals surface area (Å²) in [5, 5.41) is 13.8. The minimum Gasteiger partial charge on any atom is -0.497 e. The SMILES string of the molecule is COc1ccc(Br)c(Nc2nc(N)ncc2[N+](=O)[O-])c1. The van der Waals surface area contributed by atoms with E-state index in [0.29, 0.717) is 15.9 Å². The number of anilines is 3. The van der Waals surface area contributed by atoms with Crippen molar-refractivity contribution >= 4 is 39.1 Å². The molecule has 20 heavy (non-hydrogen) atoms. The number of nitro groups is 1. The second-order valence-electron chi connectivity index (χ2n) is 3.69. The molecule has 0 saturated carbocycles. The van der Waals surface area contributed by atoms with E-state index < -0.39 is 4.92 Å². The molecule has 1 aromatic carbocycles. The number of methoxy groups -OCH3 is 1. The molecule has 2 aromatic rings. The number of benzene rings is 1. The van der Waals surface area contributed by atoms with Crippen molar-refractivity contribution in [3.05, 3.63) is 39.0 Å². The van der Waals surface area contributed by atoms with Crippen LogP contribution in [0.1, 0.15) is 0 Å². The second-order valence-corrected chi connectivity index (χ2v) is 4.54. The molecule has 8 nitrogen and oxygen atoms in total. The average Bonchev–Trinajstić information content (AvgIpc) is 2.41. The summed E-state index contributed by atoms with van der Waals surface area (Å²) >= 11 is 3.33. The Morgan fingerprint density at radius 3 is 2.90 bits per heavy atom. The van der Waals surface area contributed by atoms with Crippen molar-refractivity contribution in [2.75, 3.05) is 18.2 Å². The fourth-order valence-electron chi connectivity index (χ4n) is 1.47. The molecule has 0 unspecified atom stereocenters. The van der Waals surface area contributed by atoms with E-state index in [2.05, 4.69) is 31.2 Å². The highest BCUT2D eigenvalue weighted by atomic mass is 79.9. The van der Waals surface area contributed by atoms with Crippen LogP contribution in [0, 0.1) is 10.1 Å². The van der Waals surface area contributed by atoms with Crippen LogP contribution < -0.4 is 15.8 Å². The first-order valence-corrected chi connectivity index (χ1v) is 6.18. The van der Waals surface area contributed by atoms with Crippen molar-refractivity contribution in [1.29, 1.82) is 0 Å². The van der Waals surface area contributed by atoms with E-state index in [-0.39, 0.29) is 17.5 Å². The van der Waals surface area contributed by atoms with E-state index in [1.54, 1.807) is 18.2 Å². The summed E-state index contributed by atoms with van der Waals surface area (Å²) in [7, 11) is 1.53. The van der Waals surface area contributed by atoms with E-state index in [9.17, 15) is 10.1 Å². The van der Waals surface area contributed by atoms with Crippen LogP contribution in [0.15, 0.2) is 28.9 Å². The zero-order valence-corrected chi connectivity index (χ0v) is 11.9. The molecule has 2 rings (SSSR count). The molecule has 9 heteroatoms. The van der Waals surface area contributed by atoms with Gasteiger partial charge in [-0.15, -0.1) is 0 Å². The van der Waals surface area contributed by atoms with E-state index in [1.807, 2.05) is 0 Å². The fourth-order valence-corrected chi connectivity index (χ4v) is 1.82. The van der Waals surface area contributed by atoms with Gasteiger partial charge in [0.25, 0.3) is 0 Å². The van der Waals surface area contributed by atoms with Gasteiger partial charge in [0, 0.05) is 10.5 Å². The molecule has 0 amide bonds. The molecule has 104 valence electrons. The van der Waals surface area contributed by atoms with Gasteiger partial charge in [0.15, 0.2) is 0 Å². The van der Waals surface area contributed by atoms with E-state index in [4.69, 9.17) is 10.5 Å². The third kappa shape index (κ3) is 2.94. The normalized spacial score (nSPS) is 10.1. The molecule has 0 radical (unpaired) electrons. The molecule has 0 saturated heterocycles. The number of nitrogen functional groups attached to an aromatic ring is 1. The van der Waals surface area contributed by atoms with Gasteiger partial charge in [-0.3, -0.25) is 10.1 Å². The first-order chi connectivity index (χ1) is 9.51. The van der Waals surface area contributed by atoms with E-state index in [1.165, 1.54) is 7.11 Å². The first kappa shape index (κ1) is 14.0. The third-order valence-electron chi connectivity index (χ3n) is 2.41.